The van der Waals surface area contributed by atoms with Crippen LogP contribution in [0.1, 0.15) is 0 Å². The summed E-state index contributed by atoms with van der Waals surface area (Å²) in [5.74, 6) is -0.0541. The fourth-order valence-electron chi connectivity index (χ4n) is 1.99. The Morgan fingerprint density at radius 1 is 1.00 bits per heavy atom. The number of fused-ring (bicyclic) bond motifs is 1. The Kier molecular flexibility index (Phi) is 3.65. The Labute approximate surface area is 121 Å². The van der Waals surface area contributed by atoms with Crippen molar-refractivity contribution in [3.05, 3.63) is 60.0 Å². The lowest BCUT2D eigenvalue weighted by Gasteiger charge is -2.07. The van der Waals surface area contributed by atoms with E-state index in [-0.39, 0.29) is 12.5 Å². The number of rotatable bonds is 4. The third kappa shape index (κ3) is 2.97. The van der Waals surface area contributed by atoms with Gasteiger partial charge in [0, 0.05) is 16.1 Å². The number of amides is 1. The van der Waals surface area contributed by atoms with Crippen molar-refractivity contribution in [3.63, 3.8) is 0 Å². The van der Waals surface area contributed by atoms with Crippen LogP contribution in [-0.4, -0.2) is 12.5 Å². The van der Waals surface area contributed by atoms with Crippen LogP contribution in [0.2, 0.25) is 0 Å². The van der Waals surface area contributed by atoms with E-state index < -0.39 is 0 Å². The molecule has 0 atom stereocenters. The maximum atomic E-state index is 11.8. The first-order valence-electron chi connectivity index (χ1n) is 6.37. The number of carbonyl (C=O) groups is 1. The molecule has 0 unspecified atom stereocenters. The Hall–Kier alpha value is -2.33. The summed E-state index contributed by atoms with van der Waals surface area (Å²) in [5, 5.41) is 9.25. The summed E-state index contributed by atoms with van der Waals surface area (Å²) in [6, 6.07) is 17.7. The third-order valence-corrected chi connectivity index (χ3v) is 3.86. The van der Waals surface area contributed by atoms with Crippen molar-refractivity contribution in [2.24, 2.45) is 0 Å². The molecule has 0 aliphatic heterocycles. The first kappa shape index (κ1) is 12.7. The quantitative estimate of drug-likeness (QED) is 0.760. The van der Waals surface area contributed by atoms with Gasteiger partial charge in [-0.25, -0.2) is 0 Å². The van der Waals surface area contributed by atoms with Crippen molar-refractivity contribution in [1.82, 2.24) is 0 Å². The highest BCUT2D eigenvalue weighted by atomic mass is 32.1. The average Bonchev–Trinajstić information content (AvgIpc) is 2.93. The minimum Gasteiger partial charge on any atom is -0.376 e. The first-order chi connectivity index (χ1) is 9.81. The summed E-state index contributed by atoms with van der Waals surface area (Å²) >= 11 is 1.72. The van der Waals surface area contributed by atoms with E-state index in [4.69, 9.17) is 0 Å². The van der Waals surface area contributed by atoms with E-state index in [1.807, 2.05) is 36.4 Å². The van der Waals surface area contributed by atoms with Crippen molar-refractivity contribution < 1.29 is 4.79 Å². The summed E-state index contributed by atoms with van der Waals surface area (Å²) < 4.78 is 1.25. The molecule has 1 aromatic heterocycles. The van der Waals surface area contributed by atoms with Gasteiger partial charge in [-0.05, 0) is 47.2 Å². The molecule has 0 spiro atoms. The van der Waals surface area contributed by atoms with Crippen LogP contribution in [0.25, 0.3) is 10.1 Å². The number of hydrogen-bond donors (Lipinski definition) is 2. The molecule has 0 aliphatic rings. The fourth-order valence-corrected chi connectivity index (χ4v) is 2.76. The van der Waals surface area contributed by atoms with Crippen LogP contribution >= 0.6 is 11.3 Å². The molecule has 0 aliphatic carbocycles. The van der Waals surface area contributed by atoms with Gasteiger partial charge in [-0.15, -0.1) is 11.3 Å². The summed E-state index contributed by atoms with van der Waals surface area (Å²) in [6.07, 6.45) is 0. The van der Waals surface area contributed by atoms with Crippen LogP contribution in [0.5, 0.6) is 0 Å². The highest BCUT2D eigenvalue weighted by molar-refractivity contribution is 7.17. The van der Waals surface area contributed by atoms with E-state index in [1.165, 1.54) is 10.1 Å². The Bertz CT molecular complexity index is 721. The van der Waals surface area contributed by atoms with Crippen LogP contribution in [0, 0.1) is 0 Å². The standard InChI is InChI=1S/C16H14N2OS/c19-16(18-13-4-2-1-3-5-13)11-17-14-6-7-15-12(10-14)8-9-20-15/h1-10,17H,11H2,(H,18,19). The Morgan fingerprint density at radius 2 is 1.85 bits per heavy atom. The van der Waals surface area contributed by atoms with Crippen LogP contribution in [-0.2, 0) is 4.79 Å². The summed E-state index contributed by atoms with van der Waals surface area (Å²) in [7, 11) is 0. The zero-order valence-corrected chi connectivity index (χ0v) is 11.6. The van der Waals surface area contributed by atoms with E-state index in [0.717, 1.165) is 11.4 Å². The number of benzene rings is 2. The molecule has 100 valence electrons. The lowest BCUT2D eigenvalue weighted by Crippen LogP contribution is -2.21. The molecule has 0 fully saturated rings. The number of nitrogens with one attached hydrogen (secondary N) is 2. The SMILES string of the molecule is O=C(CNc1ccc2sccc2c1)Nc1ccccc1. The molecule has 4 heteroatoms. The normalized spacial score (nSPS) is 10.4. The molecule has 2 N–H and O–H groups in total. The lowest BCUT2D eigenvalue weighted by molar-refractivity contribution is -0.114. The summed E-state index contributed by atoms with van der Waals surface area (Å²) in [4.78, 5) is 11.8. The molecule has 0 bridgehead atoms. The minimum absolute atomic E-state index is 0.0541. The summed E-state index contributed by atoms with van der Waals surface area (Å²) in [5.41, 5.74) is 1.77. The number of thiophene rings is 1. The Morgan fingerprint density at radius 3 is 2.70 bits per heavy atom. The van der Waals surface area contributed by atoms with Crippen LogP contribution in [0.15, 0.2) is 60.0 Å². The number of para-hydroxylation sites is 1. The maximum absolute atomic E-state index is 11.8. The minimum atomic E-state index is -0.0541. The van der Waals surface area contributed by atoms with Gasteiger partial charge in [-0.2, -0.15) is 0 Å². The largest absolute Gasteiger partial charge is 0.376 e. The maximum Gasteiger partial charge on any atom is 0.243 e. The molecule has 0 saturated heterocycles. The van der Waals surface area contributed by atoms with Gasteiger partial charge >= 0.3 is 0 Å². The molecule has 20 heavy (non-hydrogen) atoms. The van der Waals surface area contributed by atoms with Gasteiger partial charge in [-0.1, -0.05) is 18.2 Å². The molecular weight excluding hydrogens is 268 g/mol. The lowest BCUT2D eigenvalue weighted by atomic mass is 10.2. The second-order valence-corrected chi connectivity index (χ2v) is 5.39. The molecule has 1 heterocycles. The molecule has 3 aromatic rings. The zero-order chi connectivity index (χ0) is 13.8. The summed E-state index contributed by atoms with van der Waals surface area (Å²) in [6.45, 7) is 0.255. The number of anilines is 2. The van der Waals surface area contributed by atoms with Crippen LogP contribution in [0.4, 0.5) is 11.4 Å². The first-order valence-corrected chi connectivity index (χ1v) is 7.25. The molecule has 2 aromatic carbocycles. The highest BCUT2D eigenvalue weighted by Crippen LogP contribution is 2.23. The van der Waals surface area contributed by atoms with Gasteiger partial charge in [0.25, 0.3) is 0 Å². The second-order valence-electron chi connectivity index (χ2n) is 4.44. The average molecular weight is 282 g/mol. The topological polar surface area (TPSA) is 41.1 Å². The van der Waals surface area contributed by atoms with Crippen molar-refractivity contribution in [3.8, 4) is 0 Å². The van der Waals surface area contributed by atoms with Crippen molar-refractivity contribution in [2.75, 3.05) is 17.2 Å². The van der Waals surface area contributed by atoms with Gasteiger partial charge in [0.15, 0.2) is 0 Å². The smallest absolute Gasteiger partial charge is 0.243 e. The van der Waals surface area contributed by atoms with Gasteiger partial charge in [0.05, 0.1) is 6.54 Å². The van der Waals surface area contributed by atoms with Crippen LogP contribution < -0.4 is 10.6 Å². The van der Waals surface area contributed by atoms with E-state index in [0.29, 0.717) is 0 Å². The molecule has 0 radical (unpaired) electrons. The van der Waals surface area contributed by atoms with E-state index >= 15 is 0 Å². The van der Waals surface area contributed by atoms with E-state index in [2.05, 4.69) is 34.2 Å². The predicted molar refractivity (Wildman–Crippen MR) is 85.4 cm³/mol. The van der Waals surface area contributed by atoms with Crippen molar-refractivity contribution in [2.45, 2.75) is 0 Å². The third-order valence-electron chi connectivity index (χ3n) is 2.96. The molecule has 1 amide bonds. The van der Waals surface area contributed by atoms with Crippen LogP contribution in [0.3, 0.4) is 0 Å². The number of carbonyl (C=O) groups excluding carboxylic acids is 1. The van der Waals surface area contributed by atoms with E-state index in [1.54, 1.807) is 11.3 Å². The molecule has 3 nitrogen and oxygen atoms in total. The second kappa shape index (κ2) is 5.75. The zero-order valence-electron chi connectivity index (χ0n) is 10.8. The van der Waals surface area contributed by atoms with Gasteiger partial charge in [0.2, 0.25) is 5.91 Å². The number of hydrogen-bond acceptors (Lipinski definition) is 3. The van der Waals surface area contributed by atoms with Gasteiger partial charge in [0.1, 0.15) is 0 Å². The molecular formula is C16H14N2OS. The Balaban J connectivity index is 1.59. The fraction of sp³-hybridized carbons (Fsp3) is 0.0625. The predicted octanol–water partition coefficient (Wildman–Crippen LogP) is 3.95. The molecule has 0 saturated carbocycles. The van der Waals surface area contributed by atoms with Crippen molar-refractivity contribution in [1.29, 1.82) is 0 Å². The monoisotopic (exact) mass is 282 g/mol. The highest BCUT2D eigenvalue weighted by Gasteiger charge is 2.02. The van der Waals surface area contributed by atoms with Gasteiger partial charge < -0.3 is 10.6 Å². The van der Waals surface area contributed by atoms with Gasteiger partial charge in [-0.3, -0.25) is 4.79 Å². The molecule has 3 rings (SSSR count). The van der Waals surface area contributed by atoms with E-state index in [9.17, 15) is 4.79 Å². The van der Waals surface area contributed by atoms with Crippen molar-refractivity contribution >= 4 is 38.7 Å².